The lowest BCUT2D eigenvalue weighted by Crippen LogP contribution is -2.00. The van der Waals surface area contributed by atoms with E-state index < -0.39 is 0 Å². The average molecular weight is 210 g/mol. The summed E-state index contributed by atoms with van der Waals surface area (Å²) < 4.78 is 0. The van der Waals surface area contributed by atoms with E-state index in [4.69, 9.17) is 0 Å². The first-order chi connectivity index (χ1) is 7.36. The summed E-state index contributed by atoms with van der Waals surface area (Å²) in [5.74, 6) is 2.16. The van der Waals surface area contributed by atoms with Crippen molar-refractivity contribution in [2.45, 2.75) is 84.5 Å². The molecule has 1 aliphatic carbocycles. The van der Waals surface area contributed by atoms with E-state index in [-0.39, 0.29) is 0 Å². The van der Waals surface area contributed by atoms with Gasteiger partial charge >= 0.3 is 0 Å². The lowest BCUT2D eigenvalue weighted by atomic mass is 9.92. The van der Waals surface area contributed by atoms with E-state index in [1.165, 1.54) is 70.6 Å². The first-order valence-electron chi connectivity index (χ1n) is 7.36. The van der Waals surface area contributed by atoms with Crippen molar-refractivity contribution >= 4 is 0 Å². The maximum absolute atomic E-state index is 2.34. The van der Waals surface area contributed by atoms with Gasteiger partial charge in [0.05, 0.1) is 0 Å². The number of unbranched alkanes of at least 4 members (excludes halogenated alkanes) is 2. The van der Waals surface area contributed by atoms with Crippen LogP contribution in [0.4, 0.5) is 0 Å². The molecule has 0 aromatic carbocycles. The van der Waals surface area contributed by atoms with Crippen LogP contribution in [0.1, 0.15) is 84.5 Å². The molecule has 1 rings (SSSR count). The third-order valence-electron chi connectivity index (χ3n) is 4.12. The fourth-order valence-corrected chi connectivity index (χ4v) is 3.12. The minimum Gasteiger partial charge on any atom is -0.0654 e. The van der Waals surface area contributed by atoms with Crippen LogP contribution in [0.3, 0.4) is 0 Å². The molecule has 1 fully saturated rings. The summed E-state index contributed by atoms with van der Waals surface area (Å²) in [6.07, 6.45) is 16.4. The maximum atomic E-state index is 2.34. The molecule has 0 aliphatic heterocycles. The van der Waals surface area contributed by atoms with Crippen molar-refractivity contribution in [3.8, 4) is 0 Å². The van der Waals surface area contributed by atoms with Crippen molar-refractivity contribution in [1.29, 1.82) is 0 Å². The van der Waals surface area contributed by atoms with Gasteiger partial charge < -0.3 is 0 Å². The Kier molecular flexibility index (Phi) is 7.13. The molecule has 0 aromatic heterocycles. The second-order valence-electron chi connectivity index (χ2n) is 5.52. The van der Waals surface area contributed by atoms with Crippen LogP contribution >= 0.6 is 0 Å². The van der Waals surface area contributed by atoms with Gasteiger partial charge in [0.15, 0.2) is 0 Å². The molecule has 0 aromatic rings. The SMILES string of the molecule is CCCCCC1CCCC(CCC)CC1. The van der Waals surface area contributed by atoms with Gasteiger partial charge in [-0.05, 0) is 11.8 Å². The molecule has 1 aliphatic rings. The van der Waals surface area contributed by atoms with Crippen molar-refractivity contribution in [2.75, 3.05) is 0 Å². The zero-order chi connectivity index (χ0) is 10.9. The Hall–Kier alpha value is 0. The average Bonchev–Trinajstić information content (AvgIpc) is 2.45. The Labute approximate surface area is 96.8 Å². The van der Waals surface area contributed by atoms with Crippen molar-refractivity contribution in [3.05, 3.63) is 0 Å². The van der Waals surface area contributed by atoms with E-state index in [0.717, 1.165) is 11.8 Å². The van der Waals surface area contributed by atoms with Gasteiger partial charge in [0.1, 0.15) is 0 Å². The Balaban J connectivity index is 2.14. The van der Waals surface area contributed by atoms with Gasteiger partial charge in [0.2, 0.25) is 0 Å². The molecule has 15 heavy (non-hydrogen) atoms. The number of hydrogen-bond donors (Lipinski definition) is 0. The first-order valence-corrected chi connectivity index (χ1v) is 7.36. The summed E-state index contributed by atoms with van der Waals surface area (Å²) in [6.45, 7) is 4.65. The minimum atomic E-state index is 1.08. The van der Waals surface area contributed by atoms with Crippen LogP contribution in [-0.4, -0.2) is 0 Å². The predicted molar refractivity (Wildman–Crippen MR) is 69.1 cm³/mol. The number of hydrogen-bond acceptors (Lipinski definition) is 0. The standard InChI is InChI=1S/C15H30/c1-3-5-6-9-15-11-7-10-14(8-4-2)12-13-15/h14-15H,3-13H2,1-2H3. The molecule has 0 heteroatoms. The highest BCUT2D eigenvalue weighted by Crippen LogP contribution is 2.32. The van der Waals surface area contributed by atoms with E-state index in [1.807, 2.05) is 0 Å². The Morgan fingerprint density at radius 1 is 0.733 bits per heavy atom. The zero-order valence-corrected chi connectivity index (χ0v) is 10.9. The summed E-state index contributed by atoms with van der Waals surface area (Å²) in [5, 5.41) is 0. The first kappa shape index (κ1) is 13.1. The summed E-state index contributed by atoms with van der Waals surface area (Å²) >= 11 is 0. The van der Waals surface area contributed by atoms with Gasteiger partial charge in [-0.1, -0.05) is 84.5 Å². The van der Waals surface area contributed by atoms with Crippen LogP contribution in [0.5, 0.6) is 0 Å². The highest BCUT2D eigenvalue weighted by atomic mass is 14.2. The number of rotatable bonds is 6. The monoisotopic (exact) mass is 210 g/mol. The molecule has 0 spiro atoms. The van der Waals surface area contributed by atoms with Gasteiger partial charge in [-0.2, -0.15) is 0 Å². The molecule has 2 atom stereocenters. The van der Waals surface area contributed by atoms with E-state index in [1.54, 1.807) is 0 Å². The molecular weight excluding hydrogens is 180 g/mol. The molecule has 0 heterocycles. The molecule has 90 valence electrons. The topological polar surface area (TPSA) is 0 Å². The van der Waals surface area contributed by atoms with Gasteiger partial charge in [0, 0.05) is 0 Å². The smallest absolute Gasteiger partial charge is 0.0414 e. The zero-order valence-electron chi connectivity index (χ0n) is 10.9. The molecule has 1 saturated carbocycles. The molecule has 0 nitrogen and oxygen atoms in total. The molecule has 0 radical (unpaired) electrons. The summed E-state index contributed by atoms with van der Waals surface area (Å²) in [5.41, 5.74) is 0. The predicted octanol–water partition coefficient (Wildman–Crippen LogP) is 5.56. The van der Waals surface area contributed by atoms with E-state index in [2.05, 4.69) is 13.8 Å². The van der Waals surface area contributed by atoms with Crippen molar-refractivity contribution in [3.63, 3.8) is 0 Å². The second kappa shape index (κ2) is 8.19. The summed E-state index contributed by atoms with van der Waals surface area (Å²) in [4.78, 5) is 0. The van der Waals surface area contributed by atoms with Crippen LogP contribution in [0.25, 0.3) is 0 Å². The lowest BCUT2D eigenvalue weighted by Gasteiger charge is -2.14. The van der Waals surface area contributed by atoms with Crippen LogP contribution in [0.2, 0.25) is 0 Å². The van der Waals surface area contributed by atoms with Gasteiger partial charge in [0.25, 0.3) is 0 Å². The minimum absolute atomic E-state index is 1.08. The van der Waals surface area contributed by atoms with E-state index >= 15 is 0 Å². The fraction of sp³-hybridized carbons (Fsp3) is 1.00. The quantitative estimate of drug-likeness (QED) is 0.397. The molecule has 0 bridgehead atoms. The van der Waals surface area contributed by atoms with Gasteiger partial charge in [-0.15, -0.1) is 0 Å². The van der Waals surface area contributed by atoms with Crippen molar-refractivity contribution in [2.24, 2.45) is 11.8 Å². The molecule has 2 unspecified atom stereocenters. The van der Waals surface area contributed by atoms with Crippen molar-refractivity contribution < 1.29 is 0 Å². The maximum Gasteiger partial charge on any atom is -0.0414 e. The van der Waals surface area contributed by atoms with E-state index in [0.29, 0.717) is 0 Å². The molecule has 0 amide bonds. The van der Waals surface area contributed by atoms with Crippen LogP contribution in [-0.2, 0) is 0 Å². The third kappa shape index (κ3) is 5.58. The van der Waals surface area contributed by atoms with Crippen molar-refractivity contribution in [1.82, 2.24) is 0 Å². The Morgan fingerprint density at radius 2 is 1.40 bits per heavy atom. The highest BCUT2D eigenvalue weighted by molar-refractivity contribution is 4.70. The van der Waals surface area contributed by atoms with Gasteiger partial charge in [-0.25, -0.2) is 0 Å². The second-order valence-corrected chi connectivity index (χ2v) is 5.52. The Bertz CT molecular complexity index is 139. The highest BCUT2D eigenvalue weighted by Gasteiger charge is 2.17. The summed E-state index contributed by atoms with van der Waals surface area (Å²) in [6, 6.07) is 0. The normalized spacial score (nSPS) is 27.6. The third-order valence-corrected chi connectivity index (χ3v) is 4.12. The van der Waals surface area contributed by atoms with Crippen LogP contribution in [0.15, 0.2) is 0 Å². The molecule has 0 N–H and O–H groups in total. The molecular formula is C15H30. The summed E-state index contributed by atoms with van der Waals surface area (Å²) in [7, 11) is 0. The molecule has 0 saturated heterocycles. The Morgan fingerprint density at radius 3 is 2.00 bits per heavy atom. The van der Waals surface area contributed by atoms with Crippen LogP contribution in [0, 0.1) is 11.8 Å². The van der Waals surface area contributed by atoms with E-state index in [9.17, 15) is 0 Å². The van der Waals surface area contributed by atoms with Gasteiger partial charge in [-0.3, -0.25) is 0 Å². The lowest BCUT2D eigenvalue weighted by molar-refractivity contribution is 0.386. The fourth-order valence-electron chi connectivity index (χ4n) is 3.12. The van der Waals surface area contributed by atoms with Crippen LogP contribution < -0.4 is 0 Å². The largest absolute Gasteiger partial charge is 0.0654 e.